The first kappa shape index (κ1) is 16.0. The molecule has 0 atom stereocenters. The van der Waals surface area contributed by atoms with Gasteiger partial charge in [0.15, 0.2) is 0 Å². The number of pyridine rings is 1. The number of amides is 1. The molecule has 0 saturated carbocycles. The van der Waals surface area contributed by atoms with Gasteiger partial charge in [0.2, 0.25) is 0 Å². The van der Waals surface area contributed by atoms with Crippen molar-refractivity contribution in [3.63, 3.8) is 0 Å². The fourth-order valence-electron chi connectivity index (χ4n) is 2.07. The molecule has 24 heavy (non-hydrogen) atoms. The lowest BCUT2D eigenvalue weighted by Gasteiger charge is -2.08. The summed E-state index contributed by atoms with van der Waals surface area (Å²) in [5.74, 6) is -0.215. The van der Waals surface area contributed by atoms with Gasteiger partial charge in [-0.25, -0.2) is 9.37 Å². The van der Waals surface area contributed by atoms with Gasteiger partial charge in [-0.15, -0.1) is 0 Å². The van der Waals surface area contributed by atoms with Gasteiger partial charge in [0.05, 0.1) is 22.5 Å². The van der Waals surface area contributed by atoms with Crippen LogP contribution >= 0.6 is 11.6 Å². The lowest BCUT2D eigenvalue weighted by molar-refractivity contribution is 0.102. The Morgan fingerprint density at radius 2 is 1.67 bits per heavy atom. The van der Waals surface area contributed by atoms with Gasteiger partial charge in [0.1, 0.15) is 11.6 Å². The molecule has 1 amide bonds. The van der Waals surface area contributed by atoms with Gasteiger partial charge >= 0.3 is 0 Å². The van der Waals surface area contributed by atoms with Crippen molar-refractivity contribution in [3.8, 4) is 0 Å². The van der Waals surface area contributed by atoms with Gasteiger partial charge in [-0.05, 0) is 48.5 Å². The lowest BCUT2D eigenvalue weighted by Crippen LogP contribution is -2.13. The highest BCUT2D eigenvalue weighted by atomic mass is 35.5. The average molecular weight is 342 g/mol. The maximum absolute atomic E-state index is 12.9. The van der Waals surface area contributed by atoms with Crippen LogP contribution in [0.3, 0.4) is 0 Å². The quantitative estimate of drug-likeness (QED) is 0.711. The largest absolute Gasteiger partial charge is 0.354 e. The second kappa shape index (κ2) is 7.10. The SMILES string of the molecule is O=C(Nc1ccc(Nc2ccc(F)cc2)cn1)c1ccccc1Cl. The predicted molar refractivity (Wildman–Crippen MR) is 93.3 cm³/mol. The molecule has 0 aliphatic rings. The molecule has 0 unspecified atom stereocenters. The summed E-state index contributed by atoms with van der Waals surface area (Å²) in [6.45, 7) is 0. The van der Waals surface area contributed by atoms with Crippen molar-refractivity contribution in [2.45, 2.75) is 0 Å². The Hall–Kier alpha value is -2.92. The molecule has 3 rings (SSSR count). The van der Waals surface area contributed by atoms with E-state index < -0.39 is 0 Å². The number of aromatic nitrogens is 1. The van der Waals surface area contributed by atoms with E-state index in [0.717, 1.165) is 11.4 Å². The Morgan fingerprint density at radius 1 is 0.958 bits per heavy atom. The number of benzene rings is 2. The lowest BCUT2D eigenvalue weighted by atomic mass is 10.2. The molecule has 0 radical (unpaired) electrons. The van der Waals surface area contributed by atoms with Crippen molar-refractivity contribution in [3.05, 3.63) is 83.3 Å². The summed E-state index contributed by atoms with van der Waals surface area (Å²) in [5.41, 5.74) is 1.85. The van der Waals surface area contributed by atoms with Crippen LogP contribution in [0.25, 0.3) is 0 Å². The number of carbonyl (C=O) groups excluding carboxylic acids is 1. The van der Waals surface area contributed by atoms with Crippen LogP contribution < -0.4 is 10.6 Å². The van der Waals surface area contributed by atoms with Crippen LogP contribution in [0, 0.1) is 5.82 Å². The van der Waals surface area contributed by atoms with Crippen LogP contribution in [-0.2, 0) is 0 Å². The van der Waals surface area contributed by atoms with E-state index in [9.17, 15) is 9.18 Å². The minimum atomic E-state index is -0.327. The Labute approximate surface area is 143 Å². The number of hydrogen-bond donors (Lipinski definition) is 2. The third kappa shape index (κ3) is 3.88. The molecule has 1 heterocycles. The first-order chi connectivity index (χ1) is 11.6. The fraction of sp³-hybridized carbons (Fsp3) is 0. The standard InChI is InChI=1S/C18H13ClFN3O/c19-16-4-2-1-3-15(16)18(24)23-17-10-9-14(11-21-17)22-13-7-5-12(20)6-8-13/h1-11,22H,(H,21,23,24). The number of rotatable bonds is 4. The van der Waals surface area contributed by atoms with Crippen LogP contribution in [0.5, 0.6) is 0 Å². The number of anilines is 3. The monoisotopic (exact) mass is 341 g/mol. The van der Waals surface area contributed by atoms with E-state index in [0.29, 0.717) is 16.4 Å². The second-order valence-corrected chi connectivity index (χ2v) is 5.41. The maximum Gasteiger partial charge on any atom is 0.258 e. The number of hydrogen-bond acceptors (Lipinski definition) is 3. The van der Waals surface area contributed by atoms with Crippen LogP contribution in [0.4, 0.5) is 21.6 Å². The molecule has 1 aromatic heterocycles. The molecule has 0 bridgehead atoms. The number of nitrogens with zero attached hydrogens (tertiary/aromatic N) is 1. The minimum absolute atomic E-state index is 0.295. The van der Waals surface area contributed by atoms with Gasteiger partial charge in [0.25, 0.3) is 5.91 Å². The molecule has 2 N–H and O–H groups in total. The summed E-state index contributed by atoms with van der Waals surface area (Å²) in [7, 11) is 0. The normalized spacial score (nSPS) is 10.2. The molecule has 120 valence electrons. The van der Waals surface area contributed by atoms with Crippen molar-refractivity contribution in [1.82, 2.24) is 4.98 Å². The van der Waals surface area contributed by atoms with E-state index in [1.807, 2.05) is 0 Å². The highest BCUT2D eigenvalue weighted by Gasteiger charge is 2.10. The van der Waals surface area contributed by atoms with Crippen LogP contribution in [0.15, 0.2) is 66.9 Å². The molecule has 0 aliphatic carbocycles. The van der Waals surface area contributed by atoms with Gasteiger partial charge in [-0.2, -0.15) is 0 Å². The Kier molecular flexibility index (Phi) is 4.72. The molecular formula is C18H13ClFN3O. The predicted octanol–water partition coefficient (Wildman–Crippen LogP) is 4.87. The van der Waals surface area contributed by atoms with Crippen LogP contribution in [0.2, 0.25) is 5.02 Å². The van der Waals surface area contributed by atoms with E-state index in [-0.39, 0.29) is 11.7 Å². The van der Waals surface area contributed by atoms with E-state index in [2.05, 4.69) is 15.6 Å². The zero-order chi connectivity index (χ0) is 16.9. The molecule has 0 fully saturated rings. The summed E-state index contributed by atoms with van der Waals surface area (Å²) in [6.07, 6.45) is 1.57. The molecule has 6 heteroatoms. The number of halogens is 2. The minimum Gasteiger partial charge on any atom is -0.354 e. The van der Waals surface area contributed by atoms with E-state index in [4.69, 9.17) is 11.6 Å². The van der Waals surface area contributed by atoms with Gasteiger partial charge in [-0.1, -0.05) is 23.7 Å². The first-order valence-electron chi connectivity index (χ1n) is 7.16. The molecule has 3 aromatic rings. The third-order valence-electron chi connectivity index (χ3n) is 3.26. The summed E-state index contributed by atoms with van der Waals surface area (Å²) < 4.78 is 12.9. The van der Waals surface area contributed by atoms with Crippen molar-refractivity contribution >= 4 is 34.7 Å². The van der Waals surface area contributed by atoms with Crippen molar-refractivity contribution in [2.24, 2.45) is 0 Å². The number of nitrogens with one attached hydrogen (secondary N) is 2. The molecule has 0 aliphatic heterocycles. The smallest absolute Gasteiger partial charge is 0.258 e. The zero-order valence-corrected chi connectivity index (χ0v) is 13.2. The van der Waals surface area contributed by atoms with E-state index >= 15 is 0 Å². The third-order valence-corrected chi connectivity index (χ3v) is 3.59. The highest BCUT2D eigenvalue weighted by molar-refractivity contribution is 6.34. The zero-order valence-electron chi connectivity index (χ0n) is 12.5. The first-order valence-corrected chi connectivity index (χ1v) is 7.54. The van der Waals surface area contributed by atoms with Gasteiger partial charge in [-0.3, -0.25) is 4.79 Å². The summed E-state index contributed by atoms with van der Waals surface area (Å²) in [4.78, 5) is 16.3. The van der Waals surface area contributed by atoms with Crippen LogP contribution in [-0.4, -0.2) is 10.9 Å². The average Bonchev–Trinajstić information content (AvgIpc) is 2.59. The van der Waals surface area contributed by atoms with Gasteiger partial charge in [0, 0.05) is 5.69 Å². The molecule has 2 aromatic carbocycles. The fourth-order valence-corrected chi connectivity index (χ4v) is 2.29. The Morgan fingerprint density at radius 3 is 2.33 bits per heavy atom. The van der Waals surface area contributed by atoms with E-state index in [1.165, 1.54) is 12.1 Å². The summed E-state index contributed by atoms with van der Waals surface area (Å²) >= 11 is 5.99. The van der Waals surface area contributed by atoms with Crippen LogP contribution in [0.1, 0.15) is 10.4 Å². The molecule has 4 nitrogen and oxygen atoms in total. The topological polar surface area (TPSA) is 54.0 Å². The maximum atomic E-state index is 12.9. The Balaban J connectivity index is 1.67. The molecule has 0 saturated heterocycles. The molecule has 0 spiro atoms. The summed E-state index contributed by atoms with van der Waals surface area (Å²) in [6, 6.07) is 16.2. The highest BCUT2D eigenvalue weighted by Crippen LogP contribution is 2.19. The van der Waals surface area contributed by atoms with Crippen molar-refractivity contribution in [1.29, 1.82) is 0 Å². The van der Waals surface area contributed by atoms with E-state index in [1.54, 1.807) is 54.7 Å². The summed E-state index contributed by atoms with van der Waals surface area (Å²) in [5, 5.41) is 6.15. The van der Waals surface area contributed by atoms with Gasteiger partial charge < -0.3 is 10.6 Å². The molecular weight excluding hydrogens is 329 g/mol. The number of carbonyl (C=O) groups is 1. The Bertz CT molecular complexity index is 851. The second-order valence-electron chi connectivity index (χ2n) is 5.00. The van der Waals surface area contributed by atoms with Crippen molar-refractivity contribution in [2.75, 3.05) is 10.6 Å². The van der Waals surface area contributed by atoms with Crippen molar-refractivity contribution < 1.29 is 9.18 Å².